The van der Waals surface area contributed by atoms with Crippen molar-refractivity contribution in [2.75, 3.05) is 11.9 Å². The Balaban J connectivity index is 2.29. The molecule has 1 aliphatic carbocycles. The summed E-state index contributed by atoms with van der Waals surface area (Å²) < 4.78 is 0. The number of nitrogens with one attached hydrogen (secondary N) is 1. The fourth-order valence-corrected chi connectivity index (χ4v) is 2.95. The van der Waals surface area contributed by atoms with Gasteiger partial charge in [0.25, 0.3) is 5.69 Å². The molecule has 2 unspecified atom stereocenters. The quantitative estimate of drug-likeness (QED) is 0.649. The third-order valence-electron chi connectivity index (χ3n) is 3.98. The minimum Gasteiger partial charge on any atom is -0.394 e. The summed E-state index contributed by atoms with van der Waals surface area (Å²) in [5, 5.41) is 32.8. The molecule has 7 heteroatoms. The van der Waals surface area contributed by atoms with E-state index in [1.54, 1.807) is 0 Å². The van der Waals surface area contributed by atoms with E-state index >= 15 is 0 Å². The van der Waals surface area contributed by atoms with Crippen LogP contribution in [0.2, 0.25) is 0 Å². The molecule has 1 aromatic heterocycles. The summed E-state index contributed by atoms with van der Waals surface area (Å²) in [6.45, 7) is 2.07. The lowest BCUT2D eigenvalue weighted by Gasteiger charge is -2.39. The number of hydrogen-bond acceptors (Lipinski definition) is 6. The molecule has 1 fully saturated rings. The van der Waals surface area contributed by atoms with Gasteiger partial charge in [0.05, 0.1) is 17.1 Å². The van der Waals surface area contributed by atoms with Gasteiger partial charge < -0.3 is 10.4 Å². The number of anilines is 1. The van der Waals surface area contributed by atoms with E-state index < -0.39 is 10.5 Å². The molecule has 1 aromatic rings. The molecule has 112 valence electrons. The molecule has 1 heterocycles. The number of pyridine rings is 1. The highest BCUT2D eigenvalue weighted by molar-refractivity contribution is 5.56. The monoisotopic (exact) mass is 290 g/mol. The number of aliphatic hydroxyl groups is 1. The lowest BCUT2D eigenvalue weighted by Crippen LogP contribution is -2.46. The molecule has 0 spiro atoms. The minimum atomic E-state index is -0.581. The van der Waals surface area contributed by atoms with Crippen LogP contribution >= 0.6 is 0 Å². The van der Waals surface area contributed by atoms with Gasteiger partial charge in [0.2, 0.25) is 0 Å². The van der Waals surface area contributed by atoms with Gasteiger partial charge in [-0.25, -0.2) is 4.98 Å². The van der Waals surface area contributed by atoms with Crippen LogP contribution < -0.4 is 5.32 Å². The van der Waals surface area contributed by atoms with E-state index in [9.17, 15) is 15.2 Å². The first-order chi connectivity index (χ1) is 9.99. The Kier molecular flexibility index (Phi) is 4.38. The van der Waals surface area contributed by atoms with Crippen molar-refractivity contribution in [2.45, 2.75) is 38.1 Å². The second-order valence-corrected chi connectivity index (χ2v) is 5.72. The van der Waals surface area contributed by atoms with Crippen LogP contribution in [0.5, 0.6) is 0 Å². The predicted octanol–water partition coefficient (Wildman–Crippen LogP) is 2.21. The molecule has 0 aliphatic heterocycles. The second kappa shape index (κ2) is 6.06. The summed E-state index contributed by atoms with van der Waals surface area (Å²) in [6, 6.07) is 3.12. The number of nitriles is 1. The van der Waals surface area contributed by atoms with Gasteiger partial charge in [-0.15, -0.1) is 0 Å². The number of hydrogen-bond donors (Lipinski definition) is 2. The maximum Gasteiger partial charge on any atom is 0.289 e. The molecule has 7 nitrogen and oxygen atoms in total. The zero-order valence-electron chi connectivity index (χ0n) is 11.9. The largest absolute Gasteiger partial charge is 0.394 e. The number of nitro groups is 1. The number of aliphatic hydroxyl groups excluding tert-OH is 1. The van der Waals surface area contributed by atoms with Crippen molar-refractivity contribution in [2.24, 2.45) is 5.92 Å². The van der Waals surface area contributed by atoms with Crippen molar-refractivity contribution >= 4 is 11.5 Å². The Morgan fingerprint density at radius 1 is 1.71 bits per heavy atom. The maximum absolute atomic E-state index is 10.7. The smallest absolute Gasteiger partial charge is 0.289 e. The normalized spacial score (nSPS) is 25.1. The molecule has 1 saturated carbocycles. The fourth-order valence-electron chi connectivity index (χ4n) is 2.95. The van der Waals surface area contributed by atoms with Crippen LogP contribution in [0, 0.1) is 27.4 Å². The fraction of sp³-hybridized carbons (Fsp3) is 0.571. The van der Waals surface area contributed by atoms with E-state index in [0.717, 1.165) is 31.9 Å². The first-order valence-electron chi connectivity index (χ1n) is 6.93. The zero-order chi connectivity index (χ0) is 15.5. The molecule has 2 rings (SSSR count). The zero-order valence-corrected chi connectivity index (χ0v) is 11.9. The first kappa shape index (κ1) is 15.2. The lowest BCUT2D eigenvalue weighted by molar-refractivity contribution is -0.385. The second-order valence-electron chi connectivity index (χ2n) is 5.72. The Hall–Kier alpha value is -2.20. The van der Waals surface area contributed by atoms with E-state index in [1.807, 2.05) is 6.07 Å². The van der Waals surface area contributed by atoms with E-state index in [1.165, 1.54) is 6.07 Å². The van der Waals surface area contributed by atoms with Gasteiger partial charge in [-0.1, -0.05) is 19.8 Å². The third kappa shape index (κ3) is 3.28. The number of aromatic nitrogens is 1. The highest BCUT2D eigenvalue weighted by Crippen LogP contribution is 2.35. The van der Waals surface area contributed by atoms with E-state index in [-0.39, 0.29) is 17.9 Å². The molecular formula is C14H18N4O3. The van der Waals surface area contributed by atoms with Crippen molar-refractivity contribution in [1.29, 1.82) is 5.26 Å². The van der Waals surface area contributed by atoms with Crippen LogP contribution in [0.1, 0.15) is 38.2 Å². The van der Waals surface area contributed by atoms with Gasteiger partial charge in [0.15, 0.2) is 0 Å². The van der Waals surface area contributed by atoms with Crippen molar-refractivity contribution in [3.05, 3.63) is 27.9 Å². The molecule has 2 atom stereocenters. The lowest BCUT2D eigenvalue weighted by atomic mass is 9.77. The summed E-state index contributed by atoms with van der Waals surface area (Å²) in [6.07, 6.45) is 4.80. The highest BCUT2D eigenvalue weighted by atomic mass is 16.6. The van der Waals surface area contributed by atoms with E-state index in [4.69, 9.17) is 5.26 Å². The molecule has 2 N–H and O–H groups in total. The molecular weight excluding hydrogens is 272 g/mol. The standard InChI is InChI=1S/C14H18N4O3/c1-10-3-2-4-14(6-10,9-19)17-13-11(7-15)5-12(8-16-13)18(20)21/h5,8,10,19H,2-4,6,9H2,1H3,(H,16,17). The summed E-state index contributed by atoms with van der Waals surface area (Å²) in [7, 11) is 0. The highest BCUT2D eigenvalue weighted by Gasteiger charge is 2.35. The van der Waals surface area contributed by atoms with Gasteiger partial charge in [0.1, 0.15) is 23.6 Å². The van der Waals surface area contributed by atoms with E-state index in [2.05, 4.69) is 17.2 Å². The van der Waals surface area contributed by atoms with Crippen molar-refractivity contribution in [3.63, 3.8) is 0 Å². The Bertz CT molecular complexity index is 584. The molecule has 0 aromatic carbocycles. The van der Waals surface area contributed by atoms with Crippen LogP contribution in [0.25, 0.3) is 0 Å². The average molecular weight is 290 g/mol. The SMILES string of the molecule is CC1CCCC(CO)(Nc2ncc([N+](=O)[O-])cc2C#N)C1. The summed E-state index contributed by atoms with van der Waals surface area (Å²) in [4.78, 5) is 14.1. The van der Waals surface area contributed by atoms with Crippen LogP contribution in [0.15, 0.2) is 12.3 Å². The molecule has 0 saturated heterocycles. The van der Waals surface area contributed by atoms with Crippen molar-refractivity contribution in [3.8, 4) is 6.07 Å². The third-order valence-corrected chi connectivity index (χ3v) is 3.98. The average Bonchev–Trinajstić information content (AvgIpc) is 2.47. The Morgan fingerprint density at radius 3 is 3.05 bits per heavy atom. The predicted molar refractivity (Wildman–Crippen MR) is 76.7 cm³/mol. The number of nitrogens with zero attached hydrogens (tertiary/aromatic N) is 3. The van der Waals surface area contributed by atoms with Gasteiger partial charge in [0, 0.05) is 6.07 Å². The Labute approximate surface area is 122 Å². The summed E-state index contributed by atoms with van der Waals surface area (Å²) >= 11 is 0. The van der Waals surface area contributed by atoms with Crippen molar-refractivity contribution in [1.82, 2.24) is 4.98 Å². The van der Waals surface area contributed by atoms with Crippen LogP contribution in [-0.2, 0) is 0 Å². The topological polar surface area (TPSA) is 112 Å². The Morgan fingerprint density at radius 2 is 2.48 bits per heavy atom. The number of rotatable bonds is 4. The molecule has 1 aliphatic rings. The van der Waals surface area contributed by atoms with Crippen LogP contribution in [0.4, 0.5) is 11.5 Å². The van der Waals surface area contributed by atoms with Gasteiger partial charge in [-0.3, -0.25) is 10.1 Å². The molecule has 0 amide bonds. The molecule has 0 bridgehead atoms. The molecule has 21 heavy (non-hydrogen) atoms. The summed E-state index contributed by atoms with van der Waals surface area (Å²) in [5.74, 6) is 0.772. The van der Waals surface area contributed by atoms with Crippen LogP contribution in [0.3, 0.4) is 0 Å². The van der Waals surface area contributed by atoms with E-state index in [0.29, 0.717) is 11.7 Å². The van der Waals surface area contributed by atoms with Gasteiger partial charge in [-0.05, 0) is 18.8 Å². The maximum atomic E-state index is 10.7. The minimum absolute atomic E-state index is 0.0547. The van der Waals surface area contributed by atoms with Gasteiger partial charge in [-0.2, -0.15) is 5.26 Å². The summed E-state index contributed by atoms with van der Waals surface area (Å²) in [5.41, 5.74) is -0.603. The van der Waals surface area contributed by atoms with Crippen molar-refractivity contribution < 1.29 is 10.0 Å². The van der Waals surface area contributed by atoms with Gasteiger partial charge >= 0.3 is 0 Å². The van der Waals surface area contributed by atoms with Crippen LogP contribution in [-0.4, -0.2) is 27.2 Å². The molecule has 0 radical (unpaired) electrons. The first-order valence-corrected chi connectivity index (χ1v) is 6.93.